The van der Waals surface area contributed by atoms with Gasteiger partial charge in [0.25, 0.3) is 0 Å². The molecular weight excluding hydrogens is 586 g/mol. The van der Waals surface area contributed by atoms with Crippen LogP contribution in [-0.4, -0.2) is 48.7 Å². The van der Waals surface area contributed by atoms with Crippen LogP contribution in [0.3, 0.4) is 0 Å². The number of pyridine rings is 1. The summed E-state index contributed by atoms with van der Waals surface area (Å²) >= 11 is 0. The summed E-state index contributed by atoms with van der Waals surface area (Å²) in [6, 6.07) is 19.6. The monoisotopic (exact) mass is 616 g/mol. The average molecular weight is 617 g/mol. The Hall–Kier alpha value is -4.52. The molecule has 3 aromatic carbocycles. The second kappa shape index (κ2) is 12.2. The molecule has 0 radical (unpaired) electrons. The largest absolute Gasteiger partial charge is 0.437 e. The average Bonchev–Trinajstić information content (AvgIpc) is 3.00. The van der Waals surface area contributed by atoms with Crippen molar-refractivity contribution in [1.29, 1.82) is 0 Å². The van der Waals surface area contributed by atoms with Crippen LogP contribution in [0.5, 0.6) is 11.6 Å². The lowest BCUT2D eigenvalue weighted by Gasteiger charge is -2.26. The van der Waals surface area contributed by atoms with Gasteiger partial charge in [0.05, 0.1) is 11.3 Å². The molecule has 3 atom stereocenters. The van der Waals surface area contributed by atoms with Crippen LogP contribution in [0.4, 0.5) is 14.7 Å². The molecule has 0 aliphatic carbocycles. The van der Waals surface area contributed by atoms with Crippen molar-refractivity contribution in [2.75, 3.05) is 18.4 Å². The number of aromatic nitrogens is 3. The van der Waals surface area contributed by atoms with E-state index in [0.717, 1.165) is 0 Å². The van der Waals surface area contributed by atoms with Gasteiger partial charge in [-0.3, -0.25) is 0 Å². The molecule has 6 rings (SSSR count). The van der Waals surface area contributed by atoms with Gasteiger partial charge in [-0.2, -0.15) is 0 Å². The Labute approximate surface area is 253 Å². The number of ether oxygens (including phenoxy) is 1. The van der Waals surface area contributed by atoms with E-state index in [9.17, 15) is 12.8 Å². The number of sulfonamides is 1. The number of rotatable bonds is 8. The van der Waals surface area contributed by atoms with E-state index >= 15 is 4.39 Å². The van der Waals surface area contributed by atoms with Crippen LogP contribution in [0.2, 0.25) is 0 Å². The first-order chi connectivity index (χ1) is 21.2. The van der Waals surface area contributed by atoms with E-state index < -0.39 is 27.3 Å². The summed E-state index contributed by atoms with van der Waals surface area (Å²) in [5, 5.41) is 11.3. The van der Waals surface area contributed by atoms with Crippen LogP contribution in [-0.2, 0) is 10.0 Å². The molecule has 1 fully saturated rings. The Morgan fingerprint density at radius 3 is 2.55 bits per heavy atom. The number of anilines is 1. The number of primary sulfonamides is 1. The van der Waals surface area contributed by atoms with Gasteiger partial charge in [0.1, 0.15) is 23.0 Å². The predicted molar refractivity (Wildman–Crippen MR) is 165 cm³/mol. The van der Waals surface area contributed by atoms with Gasteiger partial charge in [0, 0.05) is 48.9 Å². The van der Waals surface area contributed by atoms with Gasteiger partial charge in [-0.05, 0) is 53.8 Å². The van der Waals surface area contributed by atoms with Crippen LogP contribution >= 0.6 is 0 Å². The molecule has 1 unspecified atom stereocenters. The molecule has 9 nitrogen and oxygen atoms in total. The zero-order valence-corrected chi connectivity index (χ0v) is 24.6. The van der Waals surface area contributed by atoms with Crippen LogP contribution in [0.15, 0.2) is 85.2 Å². The molecule has 2 aromatic heterocycles. The number of hydrogen-bond acceptors (Lipinski definition) is 8. The smallest absolute Gasteiger partial charge is 0.228 e. The van der Waals surface area contributed by atoms with Gasteiger partial charge >= 0.3 is 0 Å². The van der Waals surface area contributed by atoms with Crippen molar-refractivity contribution in [2.24, 2.45) is 5.14 Å². The minimum Gasteiger partial charge on any atom is -0.437 e. The lowest BCUT2D eigenvalue weighted by Crippen LogP contribution is -2.44. The second-order valence-electron chi connectivity index (χ2n) is 10.7. The summed E-state index contributed by atoms with van der Waals surface area (Å²) in [4.78, 5) is 13.4. The zero-order chi connectivity index (χ0) is 30.8. The van der Waals surface area contributed by atoms with Gasteiger partial charge in [-0.1, -0.05) is 42.5 Å². The van der Waals surface area contributed by atoms with Crippen LogP contribution in [0.25, 0.3) is 22.0 Å². The number of benzene rings is 3. The minimum atomic E-state index is -4.27. The van der Waals surface area contributed by atoms with Crippen molar-refractivity contribution in [1.82, 2.24) is 20.3 Å². The summed E-state index contributed by atoms with van der Waals surface area (Å²) in [6.45, 7) is 2.75. The highest BCUT2D eigenvalue weighted by Crippen LogP contribution is 2.42. The molecule has 12 heteroatoms. The first-order valence-corrected chi connectivity index (χ1v) is 15.7. The van der Waals surface area contributed by atoms with Crippen molar-refractivity contribution in [3.63, 3.8) is 0 Å². The molecule has 44 heavy (non-hydrogen) atoms. The fourth-order valence-electron chi connectivity index (χ4n) is 5.56. The summed E-state index contributed by atoms with van der Waals surface area (Å²) in [5.41, 5.74) is 2.08. The zero-order valence-electron chi connectivity index (χ0n) is 23.7. The third kappa shape index (κ3) is 6.09. The standard InChI is InChI=1S/C32H30F2N6O3S/c1-19-9-10-23-24(11-12-26(34)28(23)30(44(35,41)42)20-6-3-2-4-7-20)29(19)43-31-25(8-5-14-37-31)27-13-15-38-32(40-27)39-22-16-21(33)17-36-18-22/h2-15,21-22,30,36H,16-18H2,1H3,(H2,35,41,42)(H,38,39,40)/t21-,22-,30?/m0/s1. The van der Waals surface area contributed by atoms with E-state index in [1.807, 2.05) is 6.92 Å². The number of hydrogen-bond donors (Lipinski definition) is 3. The molecule has 5 aromatic rings. The molecule has 0 spiro atoms. The fourth-order valence-corrected chi connectivity index (χ4v) is 6.66. The number of nitrogens with one attached hydrogen (secondary N) is 2. The van der Waals surface area contributed by atoms with Crippen molar-refractivity contribution in [2.45, 2.75) is 30.8 Å². The summed E-state index contributed by atoms with van der Waals surface area (Å²) in [6.07, 6.45) is 2.57. The van der Waals surface area contributed by atoms with Crippen LogP contribution in [0.1, 0.15) is 28.4 Å². The molecule has 1 aliphatic rings. The Kier molecular flexibility index (Phi) is 8.21. The molecule has 1 aliphatic heterocycles. The Bertz CT molecular complexity index is 1930. The maximum Gasteiger partial charge on any atom is 0.228 e. The number of nitrogens with zero attached hydrogens (tertiary/aromatic N) is 3. The van der Waals surface area contributed by atoms with Gasteiger partial charge < -0.3 is 15.4 Å². The Morgan fingerprint density at radius 1 is 0.977 bits per heavy atom. The molecule has 0 bridgehead atoms. The van der Waals surface area contributed by atoms with E-state index in [1.54, 1.807) is 79.1 Å². The lowest BCUT2D eigenvalue weighted by molar-refractivity contribution is 0.254. The lowest BCUT2D eigenvalue weighted by atomic mass is 9.95. The molecule has 0 saturated carbocycles. The molecule has 4 N–H and O–H groups in total. The van der Waals surface area contributed by atoms with Crippen molar-refractivity contribution in [3.05, 3.63) is 108 Å². The molecule has 0 amide bonds. The summed E-state index contributed by atoms with van der Waals surface area (Å²) in [5.74, 6) is 0.240. The first-order valence-electron chi connectivity index (χ1n) is 14.0. The van der Waals surface area contributed by atoms with Crippen molar-refractivity contribution >= 4 is 26.7 Å². The first kappa shape index (κ1) is 29.5. The maximum atomic E-state index is 15.5. The summed E-state index contributed by atoms with van der Waals surface area (Å²) in [7, 11) is -4.27. The summed E-state index contributed by atoms with van der Waals surface area (Å²) < 4.78 is 61.6. The Balaban J connectivity index is 1.41. The van der Waals surface area contributed by atoms with E-state index in [4.69, 9.17) is 9.88 Å². The molecular formula is C32H30F2N6O3S. The number of alkyl halides is 1. The highest BCUT2D eigenvalue weighted by molar-refractivity contribution is 7.89. The van der Waals surface area contributed by atoms with Gasteiger partial charge in [-0.25, -0.2) is 37.3 Å². The topological polar surface area (TPSA) is 132 Å². The van der Waals surface area contributed by atoms with Gasteiger partial charge in [0.2, 0.25) is 21.9 Å². The third-order valence-corrected chi connectivity index (χ3v) is 8.73. The van der Waals surface area contributed by atoms with Gasteiger partial charge in [-0.15, -0.1) is 0 Å². The minimum absolute atomic E-state index is 0.0680. The molecule has 1 saturated heterocycles. The Morgan fingerprint density at radius 2 is 1.77 bits per heavy atom. The van der Waals surface area contributed by atoms with E-state index in [2.05, 4.69) is 25.6 Å². The predicted octanol–water partition coefficient (Wildman–Crippen LogP) is 5.42. The van der Waals surface area contributed by atoms with Crippen molar-refractivity contribution in [3.8, 4) is 22.9 Å². The molecule has 3 heterocycles. The molecule has 226 valence electrons. The highest BCUT2D eigenvalue weighted by atomic mass is 32.2. The number of aryl methyl sites for hydroxylation is 1. The third-order valence-electron chi connectivity index (χ3n) is 7.56. The van der Waals surface area contributed by atoms with E-state index in [1.165, 1.54) is 6.07 Å². The van der Waals surface area contributed by atoms with E-state index in [-0.39, 0.29) is 17.5 Å². The highest BCUT2D eigenvalue weighted by Gasteiger charge is 2.31. The van der Waals surface area contributed by atoms with Gasteiger partial charge in [0.15, 0.2) is 0 Å². The van der Waals surface area contributed by atoms with E-state index in [0.29, 0.717) is 64.4 Å². The number of halogens is 2. The second-order valence-corrected chi connectivity index (χ2v) is 12.4. The quantitative estimate of drug-likeness (QED) is 0.211. The maximum absolute atomic E-state index is 15.5. The van der Waals surface area contributed by atoms with Crippen LogP contribution in [0, 0.1) is 12.7 Å². The number of nitrogens with two attached hydrogens (primary N) is 1. The normalized spacial score (nSPS) is 17.7. The fraction of sp³-hybridized carbons (Fsp3) is 0.219. The van der Waals surface area contributed by atoms with Crippen LogP contribution < -0.4 is 20.5 Å². The SMILES string of the molecule is Cc1ccc2c(C(c3ccccc3)S(N)(=O)=O)c(F)ccc2c1Oc1ncccc1-c1ccnc(N[C@@H]2CNC[C@@H](F)C2)n1. The number of fused-ring (bicyclic) bond motifs is 1. The number of piperidine rings is 1. The van der Waals surface area contributed by atoms with Crippen molar-refractivity contribution < 1.29 is 21.9 Å².